The molecule has 6 heteroatoms. The second-order valence-electron chi connectivity index (χ2n) is 5.87. The van der Waals surface area contributed by atoms with Gasteiger partial charge in [0.05, 0.1) is 6.61 Å². The van der Waals surface area contributed by atoms with Crippen molar-refractivity contribution >= 4 is 33.6 Å². The van der Waals surface area contributed by atoms with Crippen LogP contribution in [0.2, 0.25) is 5.02 Å². The van der Waals surface area contributed by atoms with Gasteiger partial charge in [0.25, 0.3) is 0 Å². The van der Waals surface area contributed by atoms with Gasteiger partial charge in [-0.15, -0.1) is 0 Å². The Morgan fingerprint density at radius 3 is 2.52 bits per heavy atom. The molecular formula is C17H23BrClNO3. The first-order valence-corrected chi connectivity index (χ1v) is 9.44. The SMILES string of the molecule is CN(C(=O)Oc1ccc(Cl)cc1)C1CCC(COCCBr)CC1. The first-order valence-electron chi connectivity index (χ1n) is 7.94. The van der Waals surface area contributed by atoms with E-state index in [1.165, 1.54) is 0 Å². The van der Waals surface area contributed by atoms with Crippen molar-refractivity contribution < 1.29 is 14.3 Å². The second-order valence-corrected chi connectivity index (χ2v) is 7.10. The summed E-state index contributed by atoms with van der Waals surface area (Å²) < 4.78 is 11.0. The van der Waals surface area contributed by atoms with E-state index in [9.17, 15) is 4.79 Å². The highest BCUT2D eigenvalue weighted by Gasteiger charge is 2.27. The van der Waals surface area contributed by atoms with Gasteiger partial charge in [-0.05, 0) is 55.9 Å². The lowest BCUT2D eigenvalue weighted by Crippen LogP contribution is -2.41. The Morgan fingerprint density at radius 2 is 1.91 bits per heavy atom. The average Bonchev–Trinajstić information content (AvgIpc) is 2.57. The minimum absolute atomic E-state index is 0.238. The summed E-state index contributed by atoms with van der Waals surface area (Å²) in [5.74, 6) is 1.12. The molecule has 1 amide bonds. The lowest BCUT2D eigenvalue weighted by atomic mass is 9.86. The number of rotatable bonds is 6. The molecule has 0 bridgehead atoms. The molecule has 0 N–H and O–H groups in total. The third kappa shape index (κ3) is 5.98. The van der Waals surface area contributed by atoms with E-state index in [-0.39, 0.29) is 12.1 Å². The van der Waals surface area contributed by atoms with Crippen molar-refractivity contribution in [2.75, 3.05) is 25.6 Å². The van der Waals surface area contributed by atoms with Gasteiger partial charge in [-0.25, -0.2) is 4.79 Å². The number of halogens is 2. The number of carbonyl (C=O) groups is 1. The second kappa shape index (κ2) is 9.50. The molecular weight excluding hydrogens is 382 g/mol. The third-order valence-corrected chi connectivity index (χ3v) is 4.82. The van der Waals surface area contributed by atoms with Crippen molar-refractivity contribution in [1.82, 2.24) is 4.90 Å². The summed E-state index contributed by atoms with van der Waals surface area (Å²) in [5.41, 5.74) is 0. The van der Waals surface area contributed by atoms with Gasteiger partial charge in [0.2, 0.25) is 0 Å². The van der Waals surface area contributed by atoms with Gasteiger partial charge in [-0.1, -0.05) is 27.5 Å². The zero-order valence-corrected chi connectivity index (χ0v) is 15.7. The van der Waals surface area contributed by atoms with Crippen molar-refractivity contribution in [3.8, 4) is 5.75 Å². The van der Waals surface area contributed by atoms with Crippen LogP contribution in [-0.2, 0) is 4.74 Å². The fourth-order valence-electron chi connectivity index (χ4n) is 2.83. The van der Waals surface area contributed by atoms with E-state index in [4.69, 9.17) is 21.1 Å². The van der Waals surface area contributed by atoms with Gasteiger partial charge in [0.15, 0.2) is 0 Å². The molecule has 0 aliphatic heterocycles. The molecule has 1 fully saturated rings. The Balaban J connectivity index is 1.76. The summed E-state index contributed by atoms with van der Waals surface area (Å²) in [6.45, 7) is 1.57. The normalized spacial score (nSPS) is 21.0. The van der Waals surface area contributed by atoms with E-state index in [1.807, 2.05) is 7.05 Å². The van der Waals surface area contributed by atoms with Crippen LogP contribution < -0.4 is 4.74 Å². The first-order chi connectivity index (χ1) is 11.1. The summed E-state index contributed by atoms with van der Waals surface area (Å²) in [6, 6.07) is 7.06. The van der Waals surface area contributed by atoms with Gasteiger partial charge < -0.3 is 14.4 Å². The molecule has 1 aromatic carbocycles. The molecule has 1 aliphatic rings. The zero-order chi connectivity index (χ0) is 16.7. The van der Waals surface area contributed by atoms with E-state index in [2.05, 4.69) is 15.9 Å². The highest BCUT2D eigenvalue weighted by molar-refractivity contribution is 9.09. The van der Waals surface area contributed by atoms with Crippen molar-refractivity contribution in [2.24, 2.45) is 5.92 Å². The van der Waals surface area contributed by atoms with Crippen molar-refractivity contribution in [2.45, 2.75) is 31.7 Å². The van der Waals surface area contributed by atoms with Crippen molar-refractivity contribution in [3.63, 3.8) is 0 Å². The third-order valence-electron chi connectivity index (χ3n) is 4.25. The monoisotopic (exact) mass is 403 g/mol. The molecule has 0 heterocycles. The Hall–Kier alpha value is -0.780. The fraction of sp³-hybridized carbons (Fsp3) is 0.588. The van der Waals surface area contributed by atoms with Crippen LogP contribution in [-0.4, -0.2) is 42.6 Å². The molecule has 23 heavy (non-hydrogen) atoms. The van der Waals surface area contributed by atoms with Crippen LogP contribution in [0.25, 0.3) is 0 Å². The van der Waals surface area contributed by atoms with Crippen LogP contribution >= 0.6 is 27.5 Å². The molecule has 2 rings (SSSR count). The fourth-order valence-corrected chi connectivity index (χ4v) is 3.18. The zero-order valence-electron chi connectivity index (χ0n) is 13.3. The Kier molecular flexibility index (Phi) is 7.66. The van der Waals surface area contributed by atoms with Crippen molar-refractivity contribution in [3.05, 3.63) is 29.3 Å². The quantitative estimate of drug-likeness (QED) is 0.508. The largest absolute Gasteiger partial charge is 0.415 e. The molecule has 0 unspecified atom stereocenters. The van der Waals surface area contributed by atoms with E-state index in [0.29, 0.717) is 16.7 Å². The van der Waals surface area contributed by atoms with Gasteiger partial charge in [-0.3, -0.25) is 0 Å². The molecule has 0 atom stereocenters. The molecule has 0 spiro atoms. The maximum atomic E-state index is 12.2. The van der Waals surface area contributed by atoms with Gasteiger partial charge in [0, 0.05) is 30.0 Å². The summed E-state index contributed by atoms with van der Waals surface area (Å²) >= 11 is 9.19. The van der Waals surface area contributed by atoms with E-state index in [1.54, 1.807) is 29.2 Å². The smallest absolute Gasteiger partial charge is 0.410 e. The molecule has 1 saturated carbocycles. The standard InChI is InChI=1S/C17H23BrClNO3/c1-20(17(21)23-16-8-4-14(19)5-9-16)15-6-2-13(3-7-15)12-22-11-10-18/h4-5,8-9,13,15H,2-3,6-7,10-12H2,1H3. The van der Waals surface area contributed by atoms with Gasteiger partial charge in [-0.2, -0.15) is 0 Å². The van der Waals surface area contributed by atoms with Crippen LogP contribution in [0.1, 0.15) is 25.7 Å². The minimum Gasteiger partial charge on any atom is -0.410 e. The van der Waals surface area contributed by atoms with Crippen LogP contribution in [0, 0.1) is 5.92 Å². The lowest BCUT2D eigenvalue weighted by molar-refractivity contribution is 0.0763. The summed E-state index contributed by atoms with van der Waals surface area (Å²) in [5, 5.41) is 1.50. The number of carbonyl (C=O) groups excluding carboxylic acids is 1. The van der Waals surface area contributed by atoms with Crippen LogP contribution in [0.3, 0.4) is 0 Å². The molecule has 1 aromatic rings. The molecule has 0 saturated heterocycles. The van der Waals surface area contributed by atoms with E-state index in [0.717, 1.165) is 44.2 Å². The maximum absolute atomic E-state index is 12.2. The Morgan fingerprint density at radius 1 is 1.26 bits per heavy atom. The minimum atomic E-state index is -0.314. The van der Waals surface area contributed by atoms with Gasteiger partial charge >= 0.3 is 6.09 Å². The van der Waals surface area contributed by atoms with E-state index < -0.39 is 0 Å². The summed E-state index contributed by atoms with van der Waals surface area (Å²) in [4.78, 5) is 13.9. The van der Waals surface area contributed by atoms with Gasteiger partial charge in [0.1, 0.15) is 5.75 Å². The summed E-state index contributed by atoms with van der Waals surface area (Å²) in [6.07, 6.45) is 3.85. The molecule has 128 valence electrons. The van der Waals surface area contributed by atoms with Crippen molar-refractivity contribution in [1.29, 1.82) is 0 Å². The number of hydrogen-bond acceptors (Lipinski definition) is 3. The molecule has 4 nitrogen and oxygen atoms in total. The number of benzene rings is 1. The number of ether oxygens (including phenoxy) is 2. The van der Waals surface area contributed by atoms with Crippen LogP contribution in [0.5, 0.6) is 5.75 Å². The summed E-state index contributed by atoms with van der Waals surface area (Å²) in [7, 11) is 1.81. The predicted octanol–water partition coefficient (Wildman–Crippen LogP) is 4.74. The lowest BCUT2D eigenvalue weighted by Gasteiger charge is -2.33. The van der Waals surface area contributed by atoms with Crippen LogP contribution in [0.15, 0.2) is 24.3 Å². The number of nitrogens with zero attached hydrogens (tertiary/aromatic N) is 1. The van der Waals surface area contributed by atoms with E-state index >= 15 is 0 Å². The number of alkyl halides is 1. The molecule has 0 aromatic heterocycles. The molecule has 0 radical (unpaired) electrons. The predicted molar refractivity (Wildman–Crippen MR) is 95.6 cm³/mol. The van der Waals surface area contributed by atoms with Crippen LogP contribution in [0.4, 0.5) is 4.79 Å². The highest BCUT2D eigenvalue weighted by atomic mass is 79.9. The molecule has 1 aliphatic carbocycles. The Bertz CT molecular complexity index is 489. The Labute approximate surface area is 151 Å². The average molecular weight is 405 g/mol. The highest BCUT2D eigenvalue weighted by Crippen LogP contribution is 2.28. The number of amides is 1. The maximum Gasteiger partial charge on any atom is 0.415 e. The first kappa shape index (κ1) is 18.6. The number of hydrogen-bond donors (Lipinski definition) is 0. The topological polar surface area (TPSA) is 38.8 Å².